The molecule has 0 atom stereocenters. The highest BCUT2D eigenvalue weighted by atomic mass is 32.2. The Kier molecular flexibility index (Phi) is 3.82. The summed E-state index contributed by atoms with van der Waals surface area (Å²) in [4.78, 5) is 4.36. The van der Waals surface area contributed by atoms with Crippen molar-refractivity contribution in [3.05, 3.63) is 41.9 Å². The fraction of sp³-hybridized carbons (Fsp3) is 0.154. The molecule has 0 radical (unpaired) electrons. The summed E-state index contributed by atoms with van der Waals surface area (Å²) >= 11 is 0. The molecular formula is C13H14N2O3S. The smallest absolute Gasteiger partial charge is 0.200 e. The van der Waals surface area contributed by atoms with E-state index in [0.29, 0.717) is 16.7 Å². The van der Waals surface area contributed by atoms with Gasteiger partial charge in [-0.1, -0.05) is 6.08 Å². The van der Waals surface area contributed by atoms with Crippen molar-refractivity contribution in [2.75, 3.05) is 13.7 Å². The quantitative estimate of drug-likeness (QED) is 0.916. The molecule has 100 valence electrons. The Morgan fingerprint density at radius 1 is 1.37 bits per heavy atom. The minimum absolute atomic E-state index is 0.172. The molecule has 0 amide bonds. The van der Waals surface area contributed by atoms with Crippen LogP contribution in [0.3, 0.4) is 0 Å². The summed E-state index contributed by atoms with van der Waals surface area (Å²) < 4.78 is 29.6. The molecule has 5 nitrogen and oxygen atoms in total. The molecule has 1 heterocycles. The molecule has 19 heavy (non-hydrogen) atoms. The van der Waals surface area contributed by atoms with Crippen LogP contribution in [0.1, 0.15) is 0 Å². The lowest BCUT2D eigenvalue weighted by atomic mass is 10.2. The molecule has 2 N–H and O–H groups in total. The van der Waals surface area contributed by atoms with Gasteiger partial charge in [-0.25, -0.2) is 8.42 Å². The lowest BCUT2D eigenvalue weighted by Gasteiger charge is -2.08. The summed E-state index contributed by atoms with van der Waals surface area (Å²) in [6.45, 7) is 0.172. The van der Waals surface area contributed by atoms with Gasteiger partial charge in [-0.3, -0.25) is 4.98 Å². The predicted octanol–water partition coefficient (Wildman–Crippen LogP) is 1.49. The molecule has 0 unspecified atom stereocenters. The van der Waals surface area contributed by atoms with Gasteiger partial charge in [0, 0.05) is 23.5 Å². The normalized spacial score (nSPS) is 12.1. The van der Waals surface area contributed by atoms with Gasteiger partial charge in [0.25, 0.3) is 0 Å². The second-order valence-corrected chi connectivity index (χ2v) is 5.62. The third kappa shape index (κ3) is 2.59. The minimum atomic E-state index is -3.53. The average molecular weight is 278 g/mol. The molecule has 0 aliphatic rings. The third-order valence-corrected chi connectivity index (χ3v) is 4.15. The molecular weight excluding hydrogens is 264 g/mol. The number of sulfone groups is 1. The van der Waals surface area contributed by atoms with Crippen LogP contribution in [-0.4, -0.2) is 27.1 Å². The van der Waals surface area contributed by atoms with E-state index in [4.69, 9.17) is 10.5 Å². The summed E-state index contributed by atoms with van der Waals surface area (Å²) in [5.41, 5.74) is 5.81. The number of hydrogen-bond donors (Lipinski definition) is 1. The fourth-order valence-corrected chi connectivity index (χ4v) is 3.03. The number of nitrogens with two attached hydrogens (primary N) is 1. The van der Waals surface area contributed by atoms with Crippen LogP contribution in [0.5, 0.6) is 5.75 Å². The number of hydrogen-bond acceptors (Lipinski definition) is 5. The summed E-state index contributed by atoms with van der Waals surface area (Å²) in [7, 11) is -2.01. The topological polar surface area (TPSA) is 82.3 Å². The van der Waals surface area contributed by atoms with Crippen molar-refractivity contribution in [3.8, 4) is 5.75 Å². The van der Waals surface area contributed by atoms with Gasteiger partial charge in [0.15, 0.2) is 9.84 Å². The number of methoxy groups -OCH3 is 1. The Labute approximate surface area is 111 Å². The number of aromatic nitrogens is 1. The maximum Gasteiger partial charge on any atom is 0.200 e. The molecule has 2 aromatic rings. The number of pyridine rings is 1. The Balaban J connectivity index is 2.73. The van der Waals surface area contributed by atoms with E-state index >= 15 is 0 Å². The molecule has 6 heteroatoms. The van der Waals surface area contributed by atoms with Crippen LogP contribution >= 0.6 is 0 Å². The number of fused-ring (bicyclic) bond motifs is 1. The van der Waals surface area contributed by atoms with Crippen LogP contribution in [-0.2, 0) is 9.84 Å². The van der Waals surface area contributed by atoms with E-state index in [9.17, 15) is 8.42 Å². The van der Waals surface area contributed by atoms with Crippen LogP contribution in [0, 0.1) is 0 Å². The molecule has 1 aromatic heterocycles. The zero-order valence-electron chi connectivity index (χ0n) is 10.4. The van der Waals surface area contributed by atoms with E-state index in [1.807, 2.05) is 0 Å². The Morgan fingerprint density at radius 2 is 2.16 bits per heavy atom. The van der Waals surface area contributed by atoms with E-state index in [-0.39, 0.29) is 11.4 Å². The van der Waals surface area contributed by atoms with Gasteiger partial charge < -0.3 is 10.5 Å². The van der Waals surface area contributed by atoms with Crippen molar-refractivity contribution < 1.29 is 13.2 Å². The van der Waals surface area contributed by atoms with Crippen molar-refractivity contribution in [2.45, 2.75) is 4.90 Å². The maximum atomic E-state index is 12.2. The van der Waals surface area contributed by atoms with Crippen molar-refractivity contribution in [1.82, 2.24) is 4.98 Å². The molecule has 2 rings (SSSR count). The Bertz CT molecular complexity index is 724. The van der Waals surface area contributed by atoms with Gasteiger partial charge in [-0.2, -0.15) is 0 Å². The number of benzene rings is 1. The summed E-state index contributed by atoms with van der Waals surface area (Å²) in [6, 6.07) is 6.50. The van der Waals surface area contributed by atoms with E-state index in [2.05, 4.69) is 4.98 Å². The number of ether oxygens (including phenoxy) is 1. The van der Waals surface area contributed by atoms with Crippen molar-refractivity contribution in [2.24, 2.45) is 5.73 Å². The van der Waals surface area contributed by atoms with Gasteiger partial charge in [-0.05, 0) is 24.3 Å². The first kappa shape index (κ1) is 13.5. The van der Waals surface area contributed by atoms with E-state index in [1.54, 1.807) is 24.4 Å². The highest BCUT2D eigenvalue weighted by Crippen LogP contribution is 2.29. The standard InChI is InChI=1S/C13H14N2O3S/c1-18-11-5-6-12(19(16,17)9-3-7-14)10-4-2-8-15-13(10)11/h2-6,8-9H,7,14H2,1H3. The van der Waals surface area contributed by atoms with E-state index in [0.717, 1.165) is 5.41 Å². The summed E-state index contributed by atoms with van der Waals surface area (Å²) in [5.74, 6) is 0.539. The molecule has 0 saturated heterocycles. The van der Waals surface area contributed by atoms with Crippen molar-refractivity contribution in [1.29, 1.82) is 0 Å². The first-order valence-corrected chi connectivity index (χ1v) is 7.18. The zero-order chi connectivity index (χ0) is 13.9. The Morgan fingerprint density at radius 3 is 2.84 bits per heavy atom. The zero-order valence-corrected chi connectivity index (χ0v) is 11.2. The second kappa shape index (κ2) is 5.38. The second-order valence-electron chi connectivity index (χ2n) is 3.82. The van der Waals surface area contributed by atoms with Crippen LogP contribution in [0.15, 0.2) is 46.8 Å². The first-order chi connectivity index (χ1) is 9.10. The lowest BCUT2D eigenvalue weighted by molar-refractivity contribution is 0.418. The first-order valence-electron chi connectivity index (χ1n) is 5.63. The van der Waals surface area contributed by atoms with Gasteiger partial charge in [-0.15, -0.1) is 0 Å². The molecule has 0 bridgehead atoms. The highest BCUT2D eigenvalue weighted by Gasteiger charge is 2.16. The van der Waals surface area contributed by atoms with Crippen LogP contribution in [0.2, 0.25) is 0 Å². The third-order valence-electron chi connectivity index (χ3n) is 2.63. The molecule has 0 aliphatic carbocycles. The number of rotatable bonds is 4. The highest BCUT2D eigenvalue weighted by molar-refractivity contribution is 7.94. The van der Waals surface area contributed by atoms with Gasteiger partial charge in [0.2, 0.25) is 0 Å². The van der Waals surface area contributed by atoms with Crippen LogP contribution < -0.4 is 10.5 Å². The maximum absolute atomic E-state index is 12.2. The molecule has 0 fully saturated rings. The average Bonchev–Trinajstić information content (AvgIpc) is 2.43. The predicted molar refractivity (Wildman–Crippen MR) is 73.7 cm³/mol. The molecule has 0 aliphatic heterocycles. The van der Waals surface area contributed by atoms with Gasteiger partial charge in [0.1, 0.15) is 11.3 Å². The number of nitrogens with zero attached hydrogens (tertiary/aromatic N) is 1. The SMILES string of the molecule is COc1ccc(S(=O)(=O)C=CCN)c2cccnc12. The van der Waals surface area contributed by atoms with Gasteiger partial charge in [0.05, 0.1) is 12.0 Å². The molecule has 1 aromatic carbocycles. The largest absolute Gasteiger partial charge is 0.494 e. The minimum Gasteiger partial charge on any atom is -0.494 e. The summed E-state index contributed by atoms with van der Waals surface area (Å²) in [6.07, 6.45) is 3.00. The monoisotopic (exact) mass is 278 g/mol. The van der Waals surface area contributed by atoms with Crippen LogP contribution in [0.4, 0.5) is 0 Å². The molecule has 0 saturated carbocycles. The lowest BCUT2D eigenvalue weighted by Crippen LogP contribution is -2.01. The Hall–Kier alpha value is -1.92. The molecule has 0 spiro atoms. The van der Waals surface area contributed by atoms with Crippen molar-refractivity contribution in [3.63, 3.8) is 0 Å². The van der Waals surface area contributed by atoms with Crippen molar-refractivity contribution >= 4 is 20.7 Å². The van der Waals surface area contributed by atoms with Crippen LogP contribution in [0.25, 0.3) is 10.9 Å². The summed E-state index contributed by atoms with van der Waals surface area (Å²) in [5, 5.41) is 1.64. The fourth-order valence-electron chi connectivity index (χ4n) is 1.79. The van der Waals surface area contributed by atoms with Gasteiger partial charge >= 0.3 is 0 Å². The van der Waals surface area contributed by atoms with E-state index < -0.39 is 9.84 Å². The van der Waals surface area contributed by atoms with E-state index in [1.165, 1.54) is 19.3 Å².